The first-order valence-corrected chi connectivity index (χ1v) is 9.36. The third kappa shape index (κ3) is 3.76. The van der Waals surface area contributed by atoms with Gasteiger partial charge in [-0.3, -0.25) is 0 Å². The van der Waals surface area contributed by atoms with E-state index in [1.54, 1.807) is 18.2 Å². The quantitative estimate of drug-likeness (QED) is 0.625. The highest BCUT2D eigenvalue weighted by Gasteiger charge is 2.14. The molecule has 0 aliphatic carbocycles. The minimum absolute atomic E-state index is 0.148. The zero-order valence-corrected chi connectivity index (χ0v) is 13.6. The number of benzene rings is 1. The molecular weight excluding hydrogens is 310 g/mol. The molecule has 0 bridgehead atoms. The first-order chi connectivity index (χ1) is 11.2. The maximum absolute atomic E-state index is 12.1. The van der Waals surface area contributed by atoms with Crippen molar-refractivity contribution < 1.29 is 8.42 Å². The average molecular weight is 329 g/mol. The van der Waals surface area contributed by atoms with Crippen molar-refractivity contribution in [2.45, 2.75) is 30.8 Å². The second-order valence-electron chi connectivity index (χ2n) is 5.47. The molecule has 0 aliphatic rings. The number of rotatable bonds is 7. The molecule has 0 saturated heterocycles. The third-order valence-electron chi connectivity index (χ3n) is 3.80. The minimum Gasteiger partial charge on any atom is -0.331 e. The van der Waals surface area contributed by atoms with E-state index in [1.807, 2.05) is 30.6 Å². The molecule has 5 nitrogen and oxygen atoms in total. The van der Waals surface area contributed by atoms with Crippen LogP contribution in [0.3, 0.4) is 0 Å². The van der Waals surface area contributed by atoms with E-state index in [-0.39, 0.29) is 10.8 Å². The van der Waals surface area contributed by atoms with Crippen molar-refractivity contribution in [3.05, 3.63) is 55.0 Å². The Labute approximate surface area is 135 Å². The largest absolute Gasteiger partial charge is 0.331 e. The van der Waals surface area contributed by atoms with Crippen molar-refractivity contribution in [1.82, 2.24) is 14.5 Å². The van der Waals surface area contributed by atoms with Crippen LogP contribution in [0.2, 0.25) is 0 Å². The summed E-state index contributed by atoms with van der Waals surface area (Å²) in [5.41, 5.74) is 2.11. The summed E-state index contributed by atoms with van der Waals surface area (Å²) < 4.78 is 26.4. The van der Waals surface area contributed by atoms with Gasteiger partial charge in [0.15, 0.2) is 14.9 Å². The van der Waals surface area contributed by atoms with Crippen molar-refractivity contribution in [2.24, 2.45) is 0 Å². The van der Waals surface area contributed by atoms with Crippen molar-refractivity contribution >= 4 is 20.9 Å². The number of fused-ring (bicyclic) bond motifs is 1. The predicted octanol–water partition coefficient (Wildman–Crippen LogP) is 3.08. The van der Waals surface area contributed by atoms with Crippen LogP contribution in [0.25, 0.3) is 11.0 Å². The highest BCUT2D eigenvalue weighted by atomic mass is 32.2. The Morgan fingerprint density at radius 3 is 2.57 bits per heavy atom. The number of nitrogens with zero attached hydrogens (tertiary/aromatic N) is 3. The smallest absolute Gasteiger partial charge is 0.195 e. The Kier molecular flexibility index (Phi) is 4.71. The van der Waals surface area contributed by atoms with Gasteiger partial charge in [-0.05, 0) is 37.1 Å². The number of para-hydroxylation sites is 2. The maximum atomic E-state index is 12.1. The highest BCUT2D eigenvalue weighted by Crippen LogP contribution is 2.14. The molecule has 6 heteroatoms. The molecule has 0 spiro atoms. The fourth-order valence-corrected chi connectivity index (χ4v) is 3.88. The maximum Gasteiger partial charge on any atom is 0.195 e. The number of hydrogen-bond donors (Lipinski definition) is 0. The minimum atomic E-state index is -3.26. The molecule has 2 aromatic heterocycles. The van der Waals surface area contributed by atoms with Crippen LogP contribution in [0.4, 0.5) is 0 Å². The molecule has 120 valence electrons. The number of unbranched alkanes of at least 4 members (excludes halogenated alkanes) is 2. The van der Waals surface area contributed by atoms with Crippen LogP contribution in [0.1, 0.15) is 19.3 Å². The summed E-state index contributed by atoms with van der Waals surface area (Å²) in [5, 5.41) is 0.167. The lowest BCUT2D eigenvalue weighted by molar-refractivity contribution is 0.578. The van der Waals surface area contributed by atoms with E-state index in [0.29, 0.717) is 6.42 Å². The second-order valence-corrected chi connectivity index (χ2v) is 7.53. The van der Waals surface area contributed by atoms with Gasteiger partial charge in [0.05, 0.1) is 23.1 Å². The zero-order chi connectivity index (χ0) is 16.1. The molecule has 3 rings (SSSR count). The number of aryl methyl sites for hydroxylation is 1. The van der Waals surface area contributed by atoms with E-state index < -0.39 is 9.84 Å². The molecule has 2 heterocycles. The van der Waals surface area contributed by atoms with Gasteiger partial charge in [-0.1, -0.05) is 24.6 Å². The van der Waals surface area contributed by atoms with Gasteiger partial charge in [0.2, 0.25) is 0 Å². The van der Waals surface area contributed by atoms with E-state index in [2.05, 4.69) is 14.5 Å². The van der Waals surface area contributed by atoms with Gasteiger partial charge in [-0.15, -0.1) is 0 Å². The average Bonchev–Trinajstić information content (AvgIpc) is 2.99. The number of pyridine rings is 1. The van der Waals surface area contributed by atoms with Gasteiger partial charge in [0.1, 0.15) is 0 Å². The molecule has 0 N–H and O–H groups in total. The SMILES string of the molecule is O=S(=O)(CCCCCn1cnc2ccccc21)c1ccccn1. The molecule has 0 atom stereocenters. The summed E-state index contributed by atoms with van der Waals surface area (Å²) >= 11 is 0. The van der Waals surface area contributed by atoms with Gasteiger partial charge >= 0.3 is 0 Å². The van der Waals surface area contributed by atoms with Gasteiger partial charge in [0.25, 0.3) is 0 Å². The summed E-state index contributed by atoms with van der Waals surface area (Å²) in [7, 11) is -3.26. The van der Waals surface area contributed by atoms with Crippen LogP contribution in [-0.2, 0) is 16.4 Å². The van der Waals surface area contributed by atoms with Crippen LogP contribution >= 0.6 is 0 Å². The normalized spacial score (nSPS) is 11.8. The lowest BCUT2D eigenvalue weighted by Gasteiger charge is -2.05. The van der Waals surface area contributed by atoms with E-state index in [9.17, 15) is 8.42 Å². The number of aromatic nitrogens is 3. The van der Waals surface area contributed by atoms with Crippen LogP contribution in [0.15, 0.2) is 60.0 Å². The summed E-state index contributed by atoms with van der Waals surface area (Å²) in [4.78, 5) is 8.28. The number of imidazole rings is 1. The fourth-order valence-electron chi connectivity index (χ4n) is 2.58. The molecule has 0 unspecified atom stereocenters. The monoisotopic (exact) mass is 329 g/mol. The first kappa shape index (κ1) is 15.7. The Balaban J connectivity index is 1.49. The highest BCUT2D eigenvalue weighted by molar-refractivity contribution is 7.91. The molecule has 0 aliphatic heterocycles. The van der Waals surface area contributed by atoms with Crippen LogP contribution in [0.5, 0.6) is 0 Å². The molecule has 3 aromatic rings. The van der Waals surface area contributed by atoms with E-state index in [0.717, 1.165) is 30.4 Å². The molecule has 0 amide bonds. The molecule has 0 fully saturated rings. The Hall–Kier alpha value is -2.21. The van der Waals surface area contributed by atoms with Crippen molar-refractivity contribution in [2.75, 3.05) is 5.75 Å². The van der Waals surface area contributed by atoms with E-state index >= 15 is 0 Å². The molecule has 0 radical (unpaired) electrons. The van der Waals surface area contributed by atoms with Gasteiger partial charge in [-0.25, -0.2) is 18.4 Å². The van der Waals surface area contributed by atoms with Gasteiger partial charge in [-0.2, -0.15) is 0 Å². The standard InChI is InChI=1S/C17H19N3O2S/c21-23(22,17-10-4-5-11-18-17)13-7-1-6-12-20-14-19-15-8-2-3-9-16(15)20/h2-5,8-11,14H,1,6-7,12-13H2. The Bertz CT molecular complexity index is 873. The van der Waals surface area contributed by atoms with E-state index in [1.165, 1.54) is 6.20 Å². The van der Waals surface area contributed by atoms with Crippen LogP contribution in [-0.4, -0.2) is 28.7 Å². The lowest BCUT2D eigenvalue weighted by Crippen LogP contribution is -2.08. The van der Waals surface area contributed by atoms with Crippen molar-refractivity contribution in [3.8, 4) is 0 Å². The van der Waals surface area contributed by atoms with Gasteiger partial charge < -0.3 is 4.57 Å². The first-order valence-electron chi connectivity index (χ1n) is 7.70. The Morgan fingerprint density at radius 1 is 0.913 bits per heavy atom. The molecule has 23 heavy (non-hydrogen) atoms. The van der Waals surface area contributed by atoms with Crippen molar-refractivity contribution in [1.29, 1.82) is 0 Å². The predicted molar refractivity (Wildman–Crippen MR) is 89.9 cm³/mol. The fraction of sp³-hybridized carbons (Fsp3) is 0.294. The van der Waals surface area contributed by atoms with E-state index in [4.69, 9.17) is 0 Å². The van der Waals surface area contributed by atoms with Crippen LogP contribution in [0, 0.1) is 0 Å². The summed E-state index contributed by atoms with van der Waals surface area (Å²) in [6, 6.07) is 13.0. The van der Waals surface area contributed by atoms with Crippen LogP contribution < -0.4 is 0 Å². The zero-order valence-electron chi connectivity index (χ0n) is 12.8. The molecular formula is C17H19N3O2S. The third-order valence-corrected chi connectivity index (χ3v) is 5.50. The lowest BCUT2D eigenvalue weighted by atomic mass is 10.2. The van der Waals surface area contributed by atoms with Crippen molar-refractivity contribution in [3.63, 3.8) is 0 Å². The summed E-state index contributed by atoms with van der Waals surface area (Å²) in [6.45, 7) is 0.851. The number of hydrogen-bond acceptors (Lipinski definition) is 4. The molecule has 0 saturated carbocycles. The Morgan fingerprint density at radius 2 is 1.74 bits per heavy atom. The second kappa shape index (κ2) is 6.91. The molecule has 1 aromatic carbocycles. The van der Waals surface area contributed by atoms with Gasteiger partial charge in [0, 0.05) is 12.7 Å². The summed E-state index contributed by atoms with van der Waals surface area (Å²) in [6.07, 6.45) is 5.79. The summed E-state index contributed by atoms with van der Waals surface area (Å²) in [5.74, 6) is 0.148. The topological polar surface area (TPSA) is 64.8 Å². The number of sulfone groups is 1.